The molecule has 1 aromatic rings. The molecule has 2 N–H and O–H groups in total. The molecule has 0 radical (unpaired) electrons. The van der Waals surface area contributed by atoms with Gasteiger partial charge in [-0.05, 0) is 33.6 Å². The Hall–Kier alpha value is -0.920. The molecule has 0 spiro atoms. The van der Waals surface area contributed by atoms with Crippen LogP contribution in [-0.4, -0.2) is 40.9 Å². The Balaban J connectivity index is 2.26. The standard InChI is InChI=1S/C12H22N4O2S/c1-9(2)15-7-12(14-8-15)19(17,18)16-5-4-11(13)6-10(16)3/h7-11H,4-6,13H2,1-3H3/t10-,11+/m0/s1. The van der Waals surface area contributed by atoms with Gasteiger partial charge in [-0.2, -0.15) is 4.31 Å². The van der Waals surface area contributed by atoms with Crippen molar-refractivity contribution in [3.8, 4) is 0 Å². The van der Waals surface area contributed by atoms with Gasteiger partial charge in [-0.15, -0.1) is 0 Å². The fraction of sp³-hybridized carbons (Fsp3) is 0.750. The summed E-state index contributed by atoms with van der Waals surface area (Å²) in [6.45, 7) is 6.34. The second-order valence-electron chi connectivity index (χ2n) is 5.50. The van der Waals surface area contributed by atoms with E-state index >= 15 is 0 Å². The Bertz CT molecular complexity index is 538. The lowest BCUT2D eigenvalue weighted by Crippen LogP contribution is -2.48. The third kappa shape index (κ3) is 2.82. The molecule has 0 amide bonds. The number of sulfonamides is 1. The lowest BCUT2D eigenvalue weighted by Gasteiger charge is -2.34. The number of imidazole rings is 1. The number of hydrogen-bond donors (Lipinski definition) is 1. The number of aromatic nitrogens is 2. The summed E-state index contributed by atoms with van der Waals surface area (Å²) in [5, 5.41) is 0.128. The third-order valence-electron chi connectivity index (χ3n) is 3.60. The van der Waals surface area contributed by atoms with E-state index in [-0.39, 0.29) is 23.2 Å². The van der Waals surface area contributed by atoms with Crippen molar-refractivity contribution < 1.29 is 8.42 Å². The summed E-state index contributed by atoms with van der Waals surface area (Å²) < 4.78 is 28.4. The van der Waals surface area contributed by atoms with Gasteiger partial charge in [0.05, 0.1) is 6.33 Å². The van der Waals surface area contributed by atoms with Gasteiger partial charge in [-0.3, -0.25) is 0 Å². The Morgan fingerprint density at radius 2 is 2.16 bits per heavy atom. The Morgan fingerprint density at radius 3 is 2.68 bits per heavy atom. The van der Waals surface area contributed by atoms with E-state index in [1.165, 1.54) is 4.31 Å². The molecule has 2 rings (SSSR count). The van der Waals surface area contributed by atoms with Crippen LogP contribution in [0.1, 0.15) is 39.7 Å². The van der Waals surface area contributed by atoms with Crippen molar-refractivity contribution in [3.05, 3.63) is 12.5 Å². The zero-order valence-electron chi connectivity index (χ0n) is 11.7. The minimum absolute atomic E-state index is 0.0713. The predicted molar refractivity (Wildman–Crippen MR) is 73.2 cm³/mol. The quantitative estimate of drug-likeness (QED) is 0.897. The molecule has 0 bridgehead atoms. The van der Waals surface area contributed by atoms with Crippen LogP contribution in [0.3, 0.4) is 0 Å². The number of hydrogen-bond acceptors (Lipinski definition) is 4. The molecule has 1 aliphatic rings. The van der Waals surface area contributed by atoms with Crippen LogP contribution in [-0.2, 0) is 10.0 Å². The summed E-state index contributed by atoms with van der Waals surface area (Å²) in [4.78, 5) is 4.04. The highest BCUT2D eigenvalue weighted by Crippen LogP contribution is 2.24. The third-order valence-corrected chi connectivity index (χ3v) is 5.50. The SMILES string of the molecule is CC(C)n1cnc(S(=O)(=O)N2CC[C@@H](N)C[C@@H]2C)c1. The Kier molecular flexibility index (Phi) is 3.98. The van der Waals surface area contributed by atoms with Gasteiger partial charge in [0.1, 0.15) is 0 Å². The van der Waals surface area contributed by atoms with Crippen molar-refractivity contribution >= 4 is 10.0 Å². The highest BCUT2D eigenvalue weighted by molar-refractivity contribution is 7.89. The molecule has 2 atom stereocenters. The molecule has 6 nitrogen and oxygen atoms in total. The van der Waals surface area contributed by atoms with E-state index in [2.05, 4.69) is 4.98 Å². The molecule has 1 aliphatic heterocycles. The van der Waals surface area contributed by atoms with Crippen molar-refractivity contribution in [2.24, 2.45) is 5.73 Å². The Labute approximate surface area is 114 Å². The summed E-state index contributed by atoms with van der Waals surface area (Å²) in [6.07, 6.45) is 4.57. The first-order chi connectivity index (χ1) is 8.82. The molecule has 0 unspecified atom stereocenters. The molecule has 0 aliphatic carbocycles. The normalized spacial score (nSPS) is 25.9. The second kappa shape index (κ2) is 5.22. The minimum Gasteiger partial charge on any atom is -0.334 e. The van der Waals surface area contributed by atoms with Crippen LogP contribution >= 0.6 is 0 Å². The first kappa shape index (κ1) is 14.5. The van der Waals surface area contributed by atoms with E-state index in [9.17, 15) is 8.42 Å². The molecule has 108 valence electrons. The van der Waals surface area contributed by atoms with Gasteiger partial charge in [0.2, 0.25) is 0 Å². The van der Waals surface area contributed by atoms with Gasteiger partial charge in [0, 0.05) is 30.9 Å². The van der Waals surface area contributed by atoms with E-state index < -0.39 is 10.0 Å². The van der Waals surface area contributed by atoms with Crippen LogP contribution in [0.15, 0.2) is 17.6 Å². The van der Waals surface area contributed by atoms with Crippen LogP contribution in [0.5, 0.6) is 0 Å². The topological polar surface area (TPSA) is 81.2 Å². The van der Waals surface area contributed by atoms with Crippen LogP contribution in [0.25, 0.3) is 0 Å². The zero-order valence-corrected chi connectivity index (χ0v) is 12.5. The lowest BCUT2D eigenvalue weighted by molar-refractivity contribution is 0.246. The fourth-order valence-electron chi connectivity index (χ4n) is 2.40. The number of nitrogens with zero attached hydrogens (tertiary/aromatic N) is 3. The number of rotatable bonds is 3. The van der Waals surface area contributed by atoms with Crippen molar-refractivity contribution in [2.75, 3.05) is 6.54 Å². The van der Waals surface area contributed by atoms with E-state index in [0.29, 0.717) is 19.4 Å². The largest absolute Gasteiger partial charge is 0.334 e. The summed E-state index contributed by atoms with van der Waals surface area (Å²) in [7, 11) is -3.50. The number of nitrogens with two attached hydrogens (primary N) is 1. The lowest BCUT2D eigenvalue weighted by atomic mass is 10.0. The van der Waals surface area contributed by atoms with E-state index in [4.69, 9.17) is 5.73 Å². The highest BCUT2D eigenvalue weighted by atomic mass is 32.2. The molecule has 1 aromatic heterocycles. The maximum atomic E-state index is 12.5. The van der Waals surface area contributed by atoms with Gasteiger partial charge in [0.25, 0.3) is 10.0 Å². The zero-order chi connectivity index (χ0) is 14.2. The van der Waals surface area contributed by atoms with Gasteiger partial charge in [-0.1, -0.05) is 0 Å². The first-order valence-electron chi connectivity index (χ1n) is 6.63. The summed E-state index contributed by atoms with van der Waals surface area (Å²) in [5.74, 6) is 0. The minimum atomic E-state index is -3.50. The summed E-state index contributed by atoms with van der Waals surface area (Å²) in [5.41, 5.74) is 5.87. The van der Waals surface area contributed by atoms with Crippen molar-refractivity contribution in [1.29, 1.82) is 0 Å². The molecule has 0 saturated carbocycles. The fourth-order valence-corrected chi connectivity index (χ4v) is 3.98. The van der Waals surface area contributed by atoms with Gasteiger partial charge in [0.15, 0.2) is 5.03 Å². The molecule has 1 fully saturated rings. The van der Waals surface area contributed by atoms with E-state index in [1.54, 1.807) is 17.1 Å². The molecule has 2 heterocycles. The molecule has 1 saturated heterocycles. The highest BCUT2D eigenvalue weighted by Gasteiger charge is 2.34. The van der Waals surface area contributed by atoms with Crippen molar-refractivity contribution in [1.82, 2.24) is 13.9 Å². The van der Waals surface area contributed by atoms with Crippen LogP contribution < -0.4 is 5.73 Å². The molecular formula is C12H22N4O2S. The maximum absolute atomic E-state index is 12.5. The average molecular weight is 286 g/mol. The Morgan fingerprint density at radius 1 is 1.47 bits per heavy atom. The van der Waals surface area contributed by atoms with Gasteiger partial charge < -0.3 is 10.3 Å². The number of piperidine rings is 1. The second-order valence-corrected chi connectivity index (χ2v) is 7.34. The van der Waals surface area contributed by atoms with Crippen LogP contribution in [0.2, 0.25) is 0 Å². The van der Waals surface area contributed by atoms with Crippen molar-refractivity contribution in [2.45, 2.75) is 56.8 Å². The molecular weight excluding hydrogens is 264 g/mol. The van der Waals surface area contributed by atoms with Crippen LogP contribution in [0, 0.1) is 0 Å². The van der Waals surface area contributed by atoms with Gasteiger partial charge >= 0.3 is 0 Å². The monoisotopic (exact) mass is 286 g/mol. The van der Waals surface area contributed by atoms with Gasteiger partial charge in [-0.25, -0.2) is 13.4 Å². The molecule has 7 heteroatoms. The average Bonchev–Trinajstić information content (AvgIpc) is 2.78. The summed E-state index contributed by atoms with van der Waals surface area (Å²) in [6, 6.07) is 0.219. The van der Waals surface area contributed by atoms with Crippen LogP contribution in [0.4, 0.5) is 0 Å². The van der Waals surface area contributed by atoms with Crippen molar-refractivity contribution in [3.63, 3.8) is 0 Å². The van der Waals surface area contributed by atoms with E-state index in [0.717, 1.165) is 0 Å². The smallest absolute Gasteiger partial charge is 0.262 e. The molecule has 0 aromatic carbocycles. The first-order valence-corrected chi connectivity index (χ1v) is 8.07. The predicted octanol–water partition coefficient (Wildman–Crippen LogP) is 0.964. The summed E-state index contributed by atoms with van der Waals surface area (Å²) >= 11 is 0. The maximum Gasteiger partial charge on any atom is 0.262 e. The van der Waals surface area contributed by atoms with E-state index in [1.807, 2.05) is 20.8 Å². The molecule has 19 heavy (non-hydrogen) atoms.